The second-order valence-electron chi connectivity index (χ2n) is 5.26. The molecule has 0 saturated heterocycles. The summed E-state index contributed by atoms with van der Waals surface area (Å²) in [6, 6.07) is 0. The van der Waals surface area contributed by atoms with Crippen molar-refractivity contribution < 1.29 is 5.11 Å². The highest BCUT2D eigenvalue weighted by atomic mass is 16.3. The van der Waals surface area contributed by atoms with E-state index in [4.69, 9.17) is 0 Å². The van der Waals surface area contributed by atoms with Crippen molar-refractivity contribution in [2.45, 2.75) is 52.0 Å². The summed E-state index contributed by atoms with van der Waals surface area (Å²) in [7, 11) is 0. The van der Waals surface area contributed by atoms with E-state index in [0.717, 1.165) is 48.8 Å². The highest BCUT2D eigenvalue weighted by Crippen LogP contribution is 2.35. The minimum absolute atomic E-state index is 0.161. The van der Waals surface area contributed by atoms with Gasteiger partial charge in [0, 0.05) is 18.5 Å². The number of nitrogens with one attached hydrogen (secondary N) is 2. The second-order valence-corrected chi connectivity index (χ2v) is 5.26. The molecule has 0 spiro atoms. The first-order chi connectivity index (χ1) is 9.14. The van der Waals surface area contributed by atoms with Gasteiger partial charge in [0.2, 0.25) is 0 Å². The van der Waals surface area contributed by atoms with Crippen LogP contribution in [-0.4, -0.2) is 33.8 Å². The lowest BCUT2D eigenvalue weighted by molar-refractivity contribution is 0.143. The van der Waals surface area contributed by atoms with E-state index in [9.17, 15) is 5.11 Å². The summed E-state index contributed by atoms with van der Waals surface area (Å²) in [6.07, 6.45) is 3.98. The quantitative estimate of drug-likeness (QED) is 0.734. The molecule has 5 nitrogen and oxygen atoms in total. The van der Waals surface area contributed by atoms with Crippen molar-refractivity contribution in [2.75, 3.05) is 23.8 Å². The van der Waals surface area contributed by atoms with E-state index in [1.807, 2.05) is 6.92 Å². The number of hydrogen-bond acceptors (Lipinski definition) is 5. The monoisotopic (exact) mass is 264 g/mol. The first-order valence-corrected chi connectivity index (χ1v) is 7.14. The standard InChI is InChI=1S/C14H24N4O/c1-4-11-16-12(15-5-2)10(3)13(17-11)18-14(9-19)7-6-8-14/h19H,4-9H2,1-3H3,(H2,15,16,17,18). The van der Waals surface area contributed by atoms with E-state index < -0.39 is 0 Å². The van der Waals surface area contributed by atoms with E-state index in [-0.39, 0.29) is 12.1 Å². The van der Waals surface area contributed by atoms with Crippen molar-refractivity contribution in [3.8, 4) is 0 Å². The molecular weight excluding hydrogens is 240 g/mol. The molecular formula is C14H24N4O. The average molecular weight is 264 g/mol. The molecule has 3 N–H and O–H groups in total. The summed E-state index contributed by atoms with van der Waals surface area (Å²) < 4.78 is 0. The molecule has 0 amide bonds. The molecule has 0 radical (unpaired) electrons. The Bertz CT molecular complexity index is 438. The van der Waals surface area contributed by atoms with Gasteiger partial charge in [-0.15, -0.1) is 0 Å². The molecule has 1 fully saturated rings. The third kappa shape index (κ3) is 2.81. The smallest absolute Gasteiger partial charge is 0.135 e. The van der Waals surface area contributed by atoms with Crippen molar-refractivity contribution in [1.82, 2.24) is 9.97 Å². The Morgan fingerprint density at radius 1 is 1.21 bits per heavy atom. The zero-order chi connectivity index (χ0) is 13.9. The minimum atomic E-state index is -0.173. The molecule has 0 unspecified atom stereocenters. The van der Waals surface area contributed by atoms with Crippen LogP contribution >= 0.6 is 0 Å². The Balaban J connectivity index is 2.30. The number of aliphatic hydroxyl groups excluding tert-OH is 1. The molecule has 106 valence electrons. The normalized spacial score (nSPS) is 16.8. The predicted molar refractivity (Wildman–Crippen MR) is 77.6 cm³/mol. The maximum absolute atomic E-state index is 9.57. The molecule has 0 atom stereocenters. The molecule has 0 bridgehead atoms. The lowest BCUT2D eigenvalue weighted by Gasteiger charge is -2.41. The molecule has 1 aliphatic carbocycles. The van der Waals surface area contributed by atoms with Crippen molar-refractivity contribution in [1.29, 1.82) is 0 Å². The van der Waals surface area contributed by atoms with Crippen LogP contribution in [0.3, 0.4) is 0 Å². The Morgan fingerprint density at radius 2 is 1.89 bits per heavy atom. The van der Waals surface area contributed by atoms with Gasteiger partial charge >= 0.3 is 0 Å². The summed E-state index contributed by atoms with van der Waals surface area (Å²) in [5.41, 5.74) is 0.854. The number of aliphatic hydroxyl groups is 1. The van der Waals surface area contributed by atoms with Crippen LogP contribution < -0.4 is 10.6 Å². The Morgan fingerprint density at radius 3 is 2.37 bits per heavy atom. The van der Waals surface area contributed by atoms with Crippen LogP contribution in [0, 0.1) is 6.92 Å². The van der Waals surface area contributed by atoms with Crippen molar-refractivity contribution in [3.63, 3.8) is 0 Å². The molecule has 0 aliphatic heterocycles. The fourth-order valence-electron chi connectivity index (χ4n) is 2.36. The zero-order valence-electron chi connectivity index (χ0n) is 12.1. The molecule has 1 aromatic rings. The Kier molecular flexibility index (Phi) is 4.24. The third-order valence-corrected chi connectivity index (χ3v) is 3.85. The van der Waals surface area contributed by atoms with Gasteiger partial charge in [0.05, 0.1) is 12.1 Å². The molecule has 1 aliphatic rings. The van der Waals surface area contributed by atoms with Crippen LogP contribution in [0.5, 0.6) is 0 Å². The number of aryl methyl sites for hydroxylation is 1. The molecule has 2 rings (SSSR count). The van der Waals surface area contributed by atoms with E-state index in [0.29, 0.717) is 0 Å². The van der Waals surface area contributed by atoms with Crippen LogP contribution in [-0.2, 0) is 6.42 Å². The van der Waals surface area contributed by atoms with E-state index in [1.54, 1.807) is 0 Å². The van der Waals surface area contributed by atoms with Crippen LogP contribution in [0.15, 0.2) is 0 Å². The van der Waals surface area contributed by atoms with Gasteiger partial charge in [0.15, 0.2) is 0 Å². The SMILES string of the molecule is CCNc1nc(CC)nc(NC2(CO)CCC2)c1C. The van der Waals surface area contributed by atoms with Crippen LogP contribution in [0.2, 0.25) is 0 Å². The summed E-state index contributed by atoms with van der Waals surface area (Å²) in [6.45, 7) is 7.13. The summed E-state index contributed by atoms with van der Waals surface area (Å²) in [5, 5.41) is 16.3. The van der Waals surface area contributed by atoms with Crippen molar-refractivity contribution in [3.05, 3.63) is 11.4 Å². The highest BCUT2D eigenvalue weighted by molar-refractivity contribution is 5.58. The zero-order valence-corrected chi connectivity index (χ0v) is 12.1. The lowest BCUT2D eigenvalue weighted by atomic mass is 9.77. The van der Waals surface area contributed by atoms with Gasteiger partial charge in [-0.1, -0.05) is 6.92 Å². The van der Waals surface area contributed by atoms with Gasteiger partial charge in [-0.2, -0.15) is 0 Å². The molecule has 0 aromatic carbocycles. The van der Waals surface area contributed by atoms with Crippen molar-refractivity contribution >= 4 is 11.6 Å². The Labute approximate surface area is 114 Å². The summed E-state index contributed by atoms with van der Waals surface area (Å²) in [4.78, 5) is 9.09. The minimum Gasteiger partial charge on any atom is -0.394 e. The molecule has 5 heteroatoms. The average Bonchev–Trinajstić information content (AvgIpc) is 2.38. The van der Waals surface area contributed by atoms with Crippen LogP contribution in [0.25, 0.3) is 0 Å². The number of anilines is 2. The molecule has 19 heavy (non-hydrogen) atoms. The lowest BCUT2D eigenvalue weighted by Crippen LogP contribution is -2.48. The van der Waals surface area contributed by atoms with E-state index in [1.165, 1.54) is 6.42 Å². The second kappa shape index (κ2) is 5.74. The van der Waals surface area contributed by atoms with Crippen molar-refractivity contribution in [2.24, 2.45) is 0 Å². The molecule has 1 saturated carbocycles. The van der Waals surface area contributed by atoms with Gasteiger partial charge in [-0.05, 0) is 33.1 Å². The maximum atomic E-state index is 9.57. The fraction of sp³-hybridized carbons (Fsp3) is 0.714. The van der Waals surface area contributed by atoms with Crippen LogP contribution in [0.4, 0.5) is 11.6 Å². The highest BCUT2D eigenvalue weighted by Gasteiger charge is 2.37. The topological polar surface area (TPSA) is 70.1 Å². The van der Waals surface area contributed by atoms with Gasteiger partial charge in [0.1, 0.15) is 17.5 Å². The number of aromatic nitrogens is 2. The van der Waals surface area contributed by atoms with Gasteiger partial charge in [-0.25, -0.2) is 9.97 Å². The third-order valence-electron chi connectivity index (χ3n) is 3.85. The predicted octanol–water partition coefficient (Wildman–Crippen LogP) is 2.11. The Hall–Kier alpha value is -1.36. The summed E-state index contributed by atoms with van der Waals surface area (Å²) in [5.74, 6) is 2.58. The fourth-order valence-corrected chi connectivity index (χ4v) is 2.36. The van der Waals surface area contributed by atoms with Gasteiger partial charge < -0.3 is 15.7 Å². The number of rotatable bonds is 6. The largest absolute Gasteiger partial charge is 0.394 e. The first kappa shape index (κ1) is 14.1. The molecule has 1 aromatic heterocycles. The van der Waals surface area contributed by atoms with Crippen LogP contribution in [0.1, 0.15) is 44.5 Å². The van der Waals surface area contributed by atoms with E-state index in [2.05, 4.69) is 34.4 Å². The van der Waals surface area contributed by atoms with Gasteiger partial charge in [0.25, 0.3) is 0 Å². The molecule has 1 heterocycles. The maximum Gasteiger partial charge on any atom is 0.135 e. The van der Waals surface area contributed by atoms with E-state index >= 15 is 0 Å². The number of nitrogens with zero attached hydrogens (tertiary/aromatic N) is 2. The first-order valence-electron chi connectivity index (χ1n) is 7.14. The number of hydrogen-bond donors (Lipinski definition) is 3. The summed E-state index contributed by atoms with van der Waals surface area (Å²) >= 11 is 0. The van der Waals surface area contributed by atoms with Gasteiger partial charge in [-0.3, -0.25) is 0 Å².